The average Bonchev–Trinajstić information content (AvgIpc) is 3.25. The number of likely N-dealkylation sites (N-methyl/N-ethyl adjacent to an activating group) is 1. The molecule has 0 bridgehead atoms. The molecule has 1 aromatic heterocycles. The number of hydrogen-bond donors (Lipinski definition) is 0. The third-order valence-corrected chi connectivity index (χ3v) is 6.94. The molecule has 3 atom stereocenters. The molecule has 156 valence electrons. The van der Waals surface area contributed by atoms with Crippen molar-refractivity contribution in [1.29, 1.82) is 0 Å². The molecule has 29 heavy (non-hydrogen) atoms. The quantitative estimate of drug-likeness (QED) is 0.782. The Morgan fingerprint density at radius 3 is 2.69 bits per heavy atom. The smallest absolute Gasteiger partial charge is 0.223 e. The van der Waals surface area contributed by atoms with Crippen LogP contribution in [0.15, 0.2) is 34.9 Å². The SMILES string of the molecule is Cc1noc(C)c1CCC(=O)N1C[C@@H](c2ccccc2)[C@H]2[C@H]1CCCCCN2C. The van der Waals surface area contributed by atoms with Crippen LogP contribution in [0.4, 0.5) is 0 Å². The Kier molecular flexibility index (Phi) is 6.04. The molecule has 0 radical (unpaired) electrons. The van der Waals surface area contributed by atoms with E-state index >= 15 is 0 Å². The van der Waals surface area contributed by atoms with Crippen LogP contribution in [0.5, 0.6) is 0 Å². The lowest BCUT2D eigenvalue weighted by molar-refractivity contribution is -0.132. The van der Waals surface area contributed by atoms with Crippen LogP contribution >= 0.6 is 0 Å². The number of amides is 1. The molecular formula is C24H33N3O2. The first-order valence-corrected chi connectivity index (χ1v) is 11.0. The summed E-state index contributed by atoms with van der Waals surface area (Å²) in [6.45, 7) is 5.83. The maximum Gasteiger partial charge on any atom is 0.223 e. The molecule has 0 unspecified atom stereocenters. The van der Waals surface area contributed by atoms with Gasteiger partial charge in [-0.05, 0) is 52.3 Å². The largest absolute Gasteiger partial charge is 0.361 e. The van der Waals surface area contributed by atoms with E-state index in [4.69, 9.17) is 4.52 Å². The van der Waals surface area contributed by atoms with Crippen molar-refractivity contribution in [1.82, 2.24) is 15.0 Å². The van der Waals surface area contributed by atoms with Crippen molar-refractivity contribution in [3.05, 3.63) is 52.9 Å². The summed E-state index contributed by atoms with van der Waals surface area (Å²) in [5.41, 5.74) is 3.35. The molecule has 0 N–H and O–H groups in total. The number of rotatable bonds is 4. The van der Waals surface area contributed by atoms with Crippen LogP contribution in [0.25, 0.3) is 0 Å². The first kappa shape index (κ1) is 20.1. The Morgan fingerprint density at radius 2 is 1.97 bits per heavy atom. The van der Waals surface area contributed by atoms with E-state index in [1.807, 2.05) is 13.8 Å². The minimum atomic E-state index is 0.271. The topological polar surface area (TPSA) is 49.6 Å². The van der Waals surface area contributed by atoms with Crippen molar-refractivity contribution in [3.63, 3.8) is 0 Å². The second kappa shape index (κ2) is 8.70. The lowest BCUT2D eigenvalue weighted by Crippen LogP contribution is -2.47. The average molecular weight is 396 g/mol. The van der Waals surface area contributed by atoms with Gasteiger partial charge >= 0.3 is 0 Å². The Balaban J connectivity index is 1.56. The lowest BCUT2D eigenvalue weighted by atomic mass is 9.87. The Labute approximate surface area is 174 Å². The monoisotopic (exact) mass is 395 g/mol. The van der Waals surface area contributed by atoms with E-state index in [1.165, 1.54) is 24.8 Å². The van der Waals surface area contributed by atoms with Gasteiger partial charge in [-0.3, -0.25) is 4.79 Å². The number of likely N-dealkylation sites (tertiary alicyclic amines) is 2. The van der Waals surface area contributed by atoms with E-state index in [0.717, 1.165) is 36.5 Å². The molecule has 5 nitrogen and oxygen atoms in total. The van der Waals surface area contributed by atoms with Crippen LogP contribution < -0.4 is 0 Å². The molecule has 2 aliphatic heterocycles. The highest BCUT2D eigenvalue weighted by molar-refractivity contribution is 5.77. The normalized spacial score (nSPS) is 25.5. The molecule has 1 aromatic carbocycles. The Bertz CT molecular complexity index is 812. The second-order valence-electron chi connectivity index (χ2n) is 8.75. The minimum absolute atomic E-state index is 0.271. The minimum Gasteiger partial charge on any atom is -0.361 e. The van der Waals surface area contributed by atoms with Crippen LogP contribution in [0, 0.1) is 13.8 Å². The van der Waals surface area contributed by atoms with E-state index in [0.29, 0.717) is 30.8 Å². The number of fused-ring (bicyclic) bond motifs is 1. The van der Waals surface area contributed by atoms with Crippen molar-refractivity contribution in [3.8, 4) is 0 Å². The molecular weight excluding hydrogens is 362 g/mol. The van der Waals surface area contributed by atoms with Gasteiger partial charge in [-0.1, -0.05) is 48.3 Å². The second-order valence-corrected chi connectivity index (χ2v) is 8.75. The summed E-state index contributed by atoms with van der Waals surface area (Å²) in [5.74, 6) is 1.49. The summed E-state index contributed by atoms with van der Waals surface area (Å²) < 4.78 is 5.28. The zero-order valence-electron chi connectivity index (χ0n) is 17.9. The summed E-state index contributed by atoms with van der Waals surface area (Å²) in [4.78, 5) is 18.1. The molecule has 5 heteroatoms. The molecule has 0 spiro atoms. The number of carbonyl (C=O) groups excluding carboxylic acids is 1. The van der Waals surface area contributed by atoms with Gasteiger partial charge in [0.25, 0.3) is 0 Å². The first-order chi connectivity index (χ1) is 14.1. The molecule has 1 amide bonds. The third-order valence-electron chi connectivity index (χ3n) is 6.94. The first-order valence-electron chi connectivity index (χ1n) is 11.0. The fourth-order valence-corrected chi connectivity index (χ4v) is 5.40. The van der Waals surface area contributed by atoms with Gasteiger partial charge in [-0.15, -0.1) is 0 Å². The summed E-state index contributed by atoms with van der Waals surface area (Å²) in [7, 11) is 2.25. The van der Waals surface area contributed by atoms with E-state index in [-0.39, 0.29) is 5.91 Å². The van der Waals surface area contributed by atoms with Crippen molar-refractivity contribution < 1.29 is 9.32 Å². The van der Waals surface area contributed by atoms with E-state index in [1.54, 1.807) is 0 Å². The fourth-order valence-electron chi connectivity index (χ4n) is 5.40. The van der Waals surface area contributed by atoms with Gasteiger partial charge in [0.2, 0.25) is 5.91 Å². The van der Waals surface area contributed by atoms with Gasteiger partial charge in [0, 0.05) is 36.5 Å². The van der Waals surface area contributed by atoms with Crippen LogP contribution in [0.2, 0.25) is 0 Å². The van der Waals surface area contributed by atoms with Gasteiger partial charge in [0.15, 0.2) is 0 Å². The van der Waals surface area contributed by atoms with Crippen molar-refractivity contribution in [2.45, 2.75) is 70.4 Å². The van der Waals surface area contributed by atoms with Crippen LogP contribution in [-0.2, 0) is 11.2 Å². The molecule has 0 aliphatic carbocycles. The highest BCUT2D eigenvalue weighted by Crippen LogP contribution is 2.39. The summed E-state index contributed by atoms with van der Waals surface area (Å²) in [5, 5.41) is 4.04. The predicted molar refractivity (Wildman–Crippen MR) is 114 cm³/mol. The van der Waals surface area contributed by atoms with E-state index in [2.05, 4.69) is 52.3 Å². The van der Waals surface area contributed by atoms with Gasteiger partial charge in [0.05, 0.1) is 5.69 Å². The highest BCUT2D eigenvalue weighted by atomic mass is 16.5. The van der Waals surface area contributed by atoms with Crippen molar-refractivity contribution >= 4 is 5.91 Å². The maximum absolute atomic E-state index is 13.4. The molecule has 2 fully saturated rings. The number of carbonyl (C=O) groups is 1. The van der Waals surface area contributed by atoms with E-state index in [9.17, 15) is 4.79 Å². The van der Waals surface area contributed by atoms with Crippen LogP contribution in [-0.4, -0.2) is 53.1 Å². The van der Waals surface area contributed by atoms with Crippen LogP contribution in [0.1, 0.15) is 60.6 Å². The van der Waals surface area contributed by atoms with Gasteiger partial charge in [-0.2, -0.15) is 0 Å². The summed E-state index contributed by atoms with van der Waals surface area (Å²) >= 11 is 0. The standard InChI is InChI=1S/C24H33N3O2/c1-17-20(18(2)29-25-17)13-14-23(28)27-16-21(19-10-6-4-7-11-19)24-22(27)12-8-5-9-15-26(24)3/h4,6-7,10-11,21-22,24H,5,8-9,12-16H2,1-3H3/t21-,22+,24-/m0/s1. The molecule has 4 rings (SSSR count). The third kappa shape index (κ3) is 4.11. The summed E-state index contributed by atoms with van der Waals surface area (Å²) in [6, 6.07) is 11.5. The van der Waals surface area contributed by atoms with Crippen molar-refractivity contribution in [2.75, 3.05) is 20.1 Å². The Hall–Kier alpha value is -2.14. The molecule has 2 aliphatic rings. The number of aryl methyl sites for hydroxylation is 2. The number of benzene rings is 1. The van der Waals surface area contributed by atoms with Gasteiger partial charge < -0.3 is 14.3 Å². The molecule has 3 heterocycles. The van der Waals surface area contributed by atoms with Crippen molar-refractivity contribution in [2.24, 2.45) is 0 Å². The number of nitrogens with zero attached hydrogens (tertiary/aromatic N) is 3. The Morgan fingerprint density at radius 1 is 1.17 bits per heavy atom. The zero-order valence-corrected chi connectivity index (χ0v) is 17.9. The van der Waals surface area contributed by atoms with Crippen LogP contribution in [0.3, 0.4) is 0 Å². The summed E-state index contributed by atoms with van der Waals surface area (Å²) in [6.07, 6.45) is 6.06. The zero-order chi connectivity index (χ0) is 20.4. The van der Waals surface area contributed by atoms with E-state index < -0.39 is 0 Å². The molecule has 2 saturated heterocycles. The maximum atomic E-state index is 13.4. The van der Waals surface area contributed by atoms with Gasteiger partial charge in [-0.25, -0.2) is 0 Å². The molecule has 2 aromatic rings. The predicted octanol–water partition coefficient (Wildman–Crippen LogP) is 4.09. The lowest BCUT2D eigenvalue weighted by Gasteiger charge is -2.37. The number of aromatic nitrogens is 1. The van der Waals surface area contributed by atoms with Gasteiger partial charge in [0.1, 0.15) is 5.76 Å². The molecule has 0 saturated carbocycles. The number of hydrogen-bond acceptors (Lipinski definition) is 4. The fraction of sp³-hybridized carbons (Fsp3) is 0.583. The highest BCUT2D eigenvalue weighted by Gasteiger charge is 2.46.